The maximum Gasteiger partial charge on any atom is 0.328 e. The predicted octanol–water partition coefficient (Wildman–Crippen LogP) is -0.787. The lowest BCUT2D eigenvalue weighted by atomic mass is 10.1. The van der Waals surface area contributed by atoms with Gasteiger partial charge in [-0.25, -0.2) is 4.79 Å². The van der Waals surface area contributed by atoms with Gasteiger partial charge in [0.05, 0.1) is 12.7 Å². The van der Waals surface area contributed by atoms with Gasteiger partial charge in [0.1, 0.15) is 6.54 Å². The van der Waals surface area contributed by atoms with E-state index in [0.717, 1.165) is 32.0 Å². The minimum atomic E-state index is -0.560. The van der Waals surface area contributed by atoms with Gasteiger partial charge >= 0.3 is 5.69 Å². The Morgan fingerprint density at radius 3 is 2.92 bits per heavy atom. The van der Waals surface area contributed by atoms with Crippen molar-refractivity contribution in [1.29, 1.82) is 0 Å². The Kier molecular flexibility index (Phi) is 4.24. The number of hydrogen-bond donors (Lipinski definition) is 2. The van der Waals surface area contributed by atoms with E-state index in [9.17, 15) is 14.4 Å². The number of ether oxygens (including phenoxy) is 1. The number of aromatic nitrogens is 2. The average molecular weight is 348 g/mol. The van der Waals surface area contributed by atoms with Crippen molar-refractivity contribution in [2.45, 2.75) is 50.9 Å². The zero-order chi connectivity index (χ0) is 17.6. The van der Waals surface area contributed by atoms with Crippen molar-refractivity contribution in [3.8, 4) is 0 Å². The van der Waals surface area contributed by atoms with Gasteiger partial charge in [0.2, 0.25) is 5.91 Å². The third kappa shape index (κ3) is 3.55. The Bertz CT molecular complexity index is 782. The summed E-state index contributed by atoms with van der Waals surface area (Å²) in [6.45, 7) is 4.06. The minimum absolute atomic E-state index is 0.0820. The number of H-pyrrole nitrogens is 1. The Morgan fingerprint density at radius 1 is 1.36 bits per heavy atom. The first-order valence-electron chi connectivity index (χ1n) is 8.95. The standard InChI is InChI=1S/C17H24N4O4/c1-10-5-21(17(24)19-16(10)23)8-15(22)18-12-4-13-9-25-14(11-2-3-11)7-20(13)6-12/h5,11-14H,2-4,6-9H2,1H3,(H,18,22)(H,19,23,24)/t12-,13-,14+/m0/s1. The third-order valence-corrected chi connectivity index (χ3v) is 5.46. The molecule has 3 heterocycles. The summed E-state index contributed by atoms with van der Waals surface area (Å²) < 4.78 is 7.21. The van der Waals surface area contributed by atoms with Gasteiger partial charge in [0.15, 0.2) is 0 Å². The van der Waals surface area contributed by atoms with Crippen LogP contribution >= 0.6 is 0 Å². The molecule has 3 fully saturated rings. The fourth-order valence-electron chi connectivity index (χ4n) is 3.92. The Balaban J connectivity index is 1.33. The number of fused-ring (bicyclic) bond motifs is 1. The molecular formula is C17H24N4O4. The summed E-state index contributed by atoms with van der Waals surface area (Å²) in [4.78, 5) is 40.1. The van der Waals surface area contributed by atoms with Crippen molar-refractivity contribution >= 4 is 5.91 Å². The van der Waals surface area contributed by atoms with E-state index in [1.54, 1.807) is 6.92 Å². The second-order valence-corrected chi connectivity index (χ2v) is 7.52. The van der Waals surface area contributed by atoms with Crippen LogP contribution in [0.3, 0.4) is 0 Å². The molecule has 1 aromatic rings. The van der Waals surface area contributed by atoms with Crippen LogP contribution in [0.4, 0.5) is 0 Å². The molecular weight excluding hydrogens is 324 g/mol. The topological polar surface area (TPSA) is 96.4 Å². The van der Waals surface area contributed by atoms with Crippen LogP contribution in [0.25, 0.3) is 0 Å². The molecule has 136 valence electrons. The lowest BCUT2D eigenvalue weighted by Gasteiger charge is -2.35. The SMILES string of the molecule is Cc1cn(CC(=O)N[C@H]2C[C@H]3CO[C@@H](C4CC4)CN3C2)c(=O)[nH]c1=O. The monoisotopic (exact) mass is 348 g/mol. The molecule has 8 nitrogen and oxygen atoms in total. The van der Waals surface area contributed by atoms with Gasteiger partial charge in [-0.2, -0.15) is 0 Å². The average Bonchev–Trinajstić information content (AvgIpc) is 3.33. The maximum atomic E-state index is 12.3. The predicted molar refractivity (Wildman–Crippen MR) is 90.4 cm³/mol. The Labute approximate surface area is 145 Å². The lowest BCUT2D eigenvalue weighted by Crippen LogP contribution is -2.47. The molecule has 2 saturated heterocycles. The second-order valence-electron chi connectivity index (χ2n) is 7.52. The van der Waals surface area contributed by atoms with Crippen LogP contribution in [0, 0.1) is 12.8 Å². The van der Waals surface area contributed by atoms with Crippen LogP contribution in [0.1, 0.15) is 24.8 Å². The van der Waals surface area contributed by atoms with Crippen LogP contribution in [0.5, 0.6) is 0 Å². The molecule has 0 bridgehead atoms. The third-order valence-electron chi connectivity index (χ3n) is 5.46. The smallest absolute Gasteiger partial charge is 0.328 e. The summed E-state index contributed by atoms with van der Waals surface area (Å²) >= 11 is 0. The van der Waals surface area contributed by atoms with Gasteiger partial charge in [-0.3, -0.25) is 24.0 Å². The maximum absolute atomic E-state index is 12.3. The van der Waals surface area contributed by atoms with Gasteiger partial charge in [-0.1, -0.05) is 0 Å². The van der Waals surface area contributed by atoms with Crippen molar-refractivity contribution in [3.63, 3.8) is 0 Å². The molecule has 8 heteroatoms. The molecule has 4 rings (SSSR count). The fourth-order valence-corrected chi connectivity index (χ4v) is 3.92. The second kappa shape index (κ2) is 6.42. The minimum Gasteiger partial charge on any atom is -0.375 e. The zero-order valence-corrected chi connectivity index (χ0v) is 14.4. The molecule has 0 unspecified atom stereocenters. The van der Waals surface area contributed by atoms with Crippen LogP contribution in [-0.2, 0) is 16.1 Å². The summed E-state index contributed by atoms with van der Waals surface area (Å²) in [5.74, 6) is 0.517. The van der Waals surface area contributed by atoms with E-state index < -0.39 is 11.2 Å². The van der Waals surface area contributed by atoms with Gasteiger partial charge in [0, 0.05) is 36.9 Å². The molecule has 2 aliphatic heterocycles. The van der Waals surface area contributed by atoms with E-state index in [1.165, 1.54) is 23.6 Å². The normalized spacial score (nSPS) is 29.4. The molecule has 1 saturated carbocycles. The molecule has 0 radical (unpaired) electrons. The van der Waals surface area contributed by atoms with Gasteiger partial charge in [-0.15, -0.1) is 0 Å². The number of aromatic amines is 1. The number of hydrogen-bond acceptors (Lipinski definition) is 5. The molecule has 0 aromatic carbocycles. The van der Waals surface area contributed by atoms with E-state index in [4.69, 9.17) is 4.74 Å². The van der Waals surface area contributed by atoms with Gasteiger partial charge < -0.3 is 10.1 Å². The fraction of sp³-hybridized carbons (Fsp3) is 0.706. The quantitative estimate of drug-likeness (QED) is 0.744. The molecule has 3 atom stereocenters. The van der Waals surface area contributed by atoms with Crippen molar-refractivity contribution in [2.24, 2.45) is 5.92 Å². The number of aryl methyl sites for hydroxylation is 1. The first-order valence-corrected chi connectivity index (χ1v) is 8.95. The number of morpholine rings is 1. The molecule has 1 amide bonds. The highest BCUT2D eigenvalue weighted by molar-refractivity contribution is 5.76. The lowest BCUT2D eigenvalue weighted by molar-refractivity contribution is -0.122. The van der Waals surface area contributed by atoms with Crippen molar-refractivity contribution in [2.75, 3.05) is 19.7 Å². The Hall–Kier alpha value is -1.93. The van der Waals surface area contributed by atoms with E-state index in [0.29, 0.717) is 17.7 Å². The van der Waals surface area contributed by atoms with E-state index in [1.807, 2.05) is 0 Å². The van der Waals surface area contributed by atoms with E-state index >= 15 is 0 Å². The molecule has 2 N–H and O–H groups in total. The molecule has 0 spiro atoms. The van der Waals surface area contributed by atoms with Gasteiger partial charge in [0.25, 0.3) is 5.56 Å². The largest absolute Gasteiger partial charge is 0.375 e. The summed E-state index contributed by atoms with van der Waals surface area (Å²) in [5.41, 5.74) is -0.566. The van der Waals surface area contributed by atoms with Crippen molar-refractivity contribution < 1.29 is 9.53 Å². The molecule has 1 aromatic heterocycles. The number of amides is 1. The number of carbonyl (C=O) groups excluding carboxylic acids is 1. The Morgan fingerprint density at radius 2 is 2.16 bits per heavy atom. The zero-order valence-electron chi connectivity index (χ0n) is 14.4. The molecule has 25 heavy (non-hydrogen) atoms. The summed E-state index contributed by atoms with van der Waals surface area (Å²) in [5, 5.41) is 3.02. The number of nitrogens with one attached hydrogen (secondary N) is 2. The number of rotatable bonds is 4. The van der Waals surface area contributed by atoms with Crippen LogP contribution < -0.4 is 16.6 Å². The van der Waals surface area contributed by atoms with Crippen LogP contribution in [0.2, 0.25) is 0 Å². The first-order chi connectivity index (χ1) is 12.0. The summed E-state index contributed by atoms with van der Waals surface area (Å²) in [6.07, 6.45) is 5.20. The van der Waals surface area contributed by atoms with E-state index in [-0.39, 0.29) is 18.5 Å². The highest BCUT2D eigenvalue weighted by Crippen LogP contribution is 2.37. The summed E-state index contributed by atoms with van der Waals surface area (Å²) in [7, 11) is 0. The highest BCUT2D eigenvalue weighted by Gasteiger charge is 2.42. The van der Waals surface area contributed by atoms with Crippen molar-refractivity contribution in [1.82, 2.24) is 19.8 Å². The van der Waals surface area contributed by atoms with Crippen molar-refractivity contribution in [3.05, 3.63) is 32.6 Å². The van der Waals surface area contributed by atoms with E-state index in [2.05, 4.69) is 15.2 Å². The first kappa shape index (κ1) is 16.5. The molecule has 3 aliphatic rings. The molecule has 1 aliphatic carbocycles. The number of carbonyl (C=O) groups is 1. The summed E-state index contributed by atoms with van der Waals surface area (Å²) in [6, 6.07) is 0.456. The number of nitrogens with zero attached hydrogens (tertiary/aromatic N) is 2. The van der Waals surface area contributed by atoms with Crippen LogP contribution in [0.15, 0.2) is 15.8 Å². The van der Waals surface area contributed by atoms with Crippen LogP contribution in [-0.4, -0.2) is 58.2 Å². The highest BCUT2D eigenvalue weighted by atomic mass is 16.5. The van der Waals surface area contributed by atoms with Gasteiger partial charge in [-0.05, 0) is 32.1 Å².